The largest absolute Gasteiger partial charge is 0.364 e. The monoisotopic (exact) mass is 324 g/mol. The molecular weight excluding hydrogens is 308 g/mol. The van der Waals surface area contributed by atoms with E-state index in [1.165, 1.54) is 0 Å². The second-order valence-electron chi connectivity index (χ2n) is 5.14. The molecule has 0 fully saturated rings. The van der Waals surface area contributed by atoms with Crippen LogP contribution in [0.1, 0.15) is 27.8 Å². The third-order valence-corrected chi connectivity index (χ3v) is 3.12. The molecule has 0 unspecified atom stereocenters. The first kappa shape index (κ1) is 15.6. The summed E-state index contributed by atoms with van der Waals surface area (Å²) in [5.74, 6) is 1.62. The van der Waals surface area contributed by atoms with Gasteiger partial charge in [0, 0.05) is 18.3 Å². The Hall–Kier alpha value is -3.29. The van der Waals surface area contributed by atoms with E-state index in [9.17, 15) is 4.79 Å². The zero-order valence-electron chi connectivity index (χ0n) is 13.3. The van der Waals surface area contributed by atoms with Gasteiger partial charge in [-0.1, -0.05) is 11.2 Å². The summed E-state index contributed by atoms with van der Waals surface area (Å²) in [5.41, 5.74) is 1.12. The van der Waals surface area contributed by atoms with Crippen molar-refractivity contribution in [1.29, 1.82) is 0 Å². The molecule has 0 spiro atoms. The Labute approximate surface area is 138 Å². The summed E-state index contributed by atoms with van der Waals surface area (Å²) in [4.78, 5) is 24.9. The summed E-state index contributed by atoms with van der Waals surface area (Å²) in [6, 6.07) is 8.88. The fourth-order valence-electron chi connectivity index (χ4n) is 2.06. The number of nitrogens with one attached hydrogen (secondary N) is 2. The lowest BCUT2D eigenvalue weighted by molar-refractivity contribution is 0.102. The van der Waals surface area contributed by atoms with E-state index in [4.69, 9.17) is 4.52 Å². The highest BCUT2D eigenvalue weighted by molar-refractivity contribution is 6.02. The minimum atomic E-state index is -0.380. The van der Waals surface area contributed by atoms with Crippen molar-refractivity contribution in [3.05, 3.63) is 59.5 Å². The van der Waals surface area contributed by atoms with Crippen molar-refractivity contribution < 1.29 is 9.32 Å². The zero-order chi connectivity index (χ0) is 16.9. The smallest absolute Gasteiger partial charge is 0.275 e. The summed E-state index contributed by atoms with van der Waals surface area (Å²) >= 11 is 0. The number of pyridine rings is 1. The second-order valence-corrected chi connectivity index (χ2v) is 5.14. The molecular formula is C16H16N6O2. The molecule has 0 aliphatic rings. The number of carbonyl (C=O) groups excluding carboxylic acids is 1. The average Bonchev–Trinajstić information content (AvgIpc) is 2.98. The highest BCUT2D eigenvalue weighted by atomic mass is 16.5. The molecule has 0 aliphatic carbocycles. The van der Waals surface area contributed by atoms with Gasteiger partial charge in [-0.3, -0.25) is 9.78 Å². The van der Waals surface area contributed by atoms with Crippen LogP contribution in [0.5, 0.6) is 0 Å². The molecule has 3 aromatic heterocycles. The molecule has 0 atom stereocenters. The van der Waals surface area contributed by atoms with Gasteiger partial charge in [0.2, 0.25) is 0 Å². The molecule has 3 heterocycles. The minimum absolute atomic E-state index is 0.242. The Bertz CT molecular complexity index is 847. The number of nitrogens with zero attached hydrogens (tertiary/aromatic N) is 4. The van der Waals surface area contributed by atoms with Gasteiger partial charge in [0.1, 0.15) is 23.1 Å². The van der Waals surface area contributed by atoms with E-state index in [1.807, 2.05) is 18.2 Å². The van der Waals surface area contributed by atoms with Crippen molar-refractivity contribution in [3.8, 4) is 0 Å². The SMILES string of the molecule is Cc1nc(NCc2ccccn2)cc(C(=O)Nc2cc(C)on2)n1. The van der Waals surface area contributed by atoms with Crippen molar-refractivity contribution in [2.75, 3.05) is 10.6 Å². The number of anilines is 2. The quantitative estimate of drug-likeness (QED) is 0.742. The second kappa shape index (κ2) is 6.86. The van der Waals surface area contributed by atoms with E-state index >= 15 is 0 Å². The Morgan fingerprint density at radius 2 is 2.04 bits per heavy atom. The van der Waals surface area contributed by atoms with Crippen LogP contribution in [0, 0.1) is 13.8 Å². The van der Waals surface area contributed by atoms with Crippen LogP contribution in [0.15, 0.2) is 41.1 Å². The summed E-state index contributed by atoms with van der Waals surface area (Å²) in [5, 5.41) is 9.50. The highest BCUT2D eigenvalue weighted by Crippen LogP contribution is 2.12. The van der Waals surface area contributed by atoms with Gasteiger partial charge in [-0.25, -0.2) is 9.97 Å². The average molecular weight is 324 g/mol. The molecule has 0 radical (unpaired) electrons. The molecule has 2 N–H and O–H groups in total. The van der Waals surface area contributed by atoms with Gasteiger partial charge in [-0.15, -0.1) is 0 Å². The molecule has 122 valence electrons. The zero-order valence-corrected chi connectivity index (χ0v) is 13.3. The minimum Gasteiger partial charge on any atom is -0.364 e. The third kappa shape index (κ3) is 3.92. The predicted octanol–water partition coefficient (Wildman–Crippen LogP) is 2.34. The number of hydrogen-bond donors (Lipinski definition) is 2. The molecule has 0 aliphatic heterocycles. The van der Waals surface area contributed by atoms with Crippen molar-refractivity contribution >= 4 is 17.5 Å². The first-order chi connectivity index (χ1) is 11.6. The summed E-state index contributed by atoms with van der Waals surface area (Å²) < 4.78 is 4.92. The van der Waals surface area contributed by atoms with E-state index in [-0.39, 0.29) is 11.6 Å². The Morgan fingerprint density at radius 3 is 2.75 bits per heavy atom. The molecule has 8 nitrogen and oxygen atoms in total. The lowest BCUT2D eigenvalue weighted by atomic mass is 10.3. The van der Waals surface area contributed by atoms with Crippen LogP contribution in [0.25, 0.3) is 0 Å². The number of carbonyl (C=O) groups is 1. The summed E-state index contributed by atoms with van der Waals surface area (Å²) in [6.07, 6.45) is 1.72. The highest BCUT2D eigenvalue weighted by Gasteiger charge is 2.13. The van der Waals surface area contributed by atoms with Gasteiger partial charge in [0.15, 0.2) is 5.82 Å². The van der Waals surface area contributed by atoms with Gasteiger partial charge in [-0.2, -0.15) is 0 Å². The van der Waals surface area contributed by atoms with Crippen LogP contribution in [-0.4, -0.2) is 26.0 Å². The van der Waals surface area contributed by atoms with E-state index < -0.39 is 0 Å². The van der Waals surface area contributed by atoms with Crippen LogP contribution >= 0.6 is 0 Å². The van der Waals surface area contributed by atoms with Crippen LogP contribution in [0.2, 0.25) is 0 Å². The van der Waals surface area contributed by atoms with Crippen LogP contribution in [-0.2, 0) is 6.54 Å². The van der Waals surface area contributed by atoms with Crippen LogP contribution in [0.3, 0.4) is 0 Å². The predicted molar refractivity (Wildman–Crippen MR) is 87.5 cm³/mol. The molecule has 0 saturated carbocycles. The van der Waals surface area contributed by atoms with E-state index in [2.05, 4.69) is 30.7 Å². The Kier molecular flexibility index (Phi) is 4.46. The number of rotatable bonds is 5. The van der Waals surface area contributed by atoms with Gasteiger partial charge in [-0.05, 0) is 26.0 Å². The fraction of sp³-hybridized carbons (Fsp3) is 0.188. The maximum Gasteiger partial charge on any atom is 0.275 e. The van der Waals surface area contributed by atoms with Crippen molar-refractivity contribution in [1.82, 2.24) is 20.1 Å². The summed E-state index contributed by atoms with van der Waals surface area (Å²) in [6.45, 7) is 3.97. The molecule has 3 rings (SSSR count). The first-order valence-corrected chi connectivity index (χ1v) is 7.34. The van der Waals surface area contributed by atoms with Crippen molar-refractivity contribution in [2.45, 2.75) is 20.4 Å². The number of amides is 1. The first-order valence-electron chi connectivity index (χ1n) is 7.34. The van der Waals surface area contributed by atoms with Crippen LogP contribution < -0.4 is 10.6 Å². The van der Waals surface area contributed by atoms with Crippen LogP contribution in [0.4, 0.5) is 11.6 Å². The van der Waals surface area contributed by atoms with Gasteiger partial charge in [0.25, 0.3) is 5.91 Å². The lowest BCUT2D eigenvalue weighted by Crippen LogP contribution is -2.16. The molecule has 0 bridgehead atoms. The fourth-order valence-corrected chi connectivity index (χ4v) is 2.06. The van der Waals surface area contributed by atoms with Gasteiger partial charge in [0.05, 0.1) is 12.2 Å². The molecule has 0 saturated heterocycles. The Balaban J connectivity index is 1.72. The standard InChI is InChI=1S/C16H16N6O2/c1-10-7-15(22-24-10)21-16(23)13-8-14(20-11(2)19-13)18-9-12-5-3-4-6-17-12/h3-8H,9H2,1-2H3,(H,18,19,20)(H,21,22,23). The van der Waals surface area contributed by atoms with Crippen molar-refractivity contribution in [3.63, 3.8) is 0 Å². The molecule has 8 heteroatoms. The molecule has 24 heavy (non-hydrogen) atoms. The molecule has 3 aromatic rings. The van der Waals surface area contributed by atoms with E-state index in [1.54, 1.807) is 32.2 Å². The van der Waals surface area contributed by atoms with E-state index in [0.29, 0.717) is 29.8 Å². The summed E-state index contributed by atoms with van der Waals surface area (Å²) in [7, 11) is 0. The Morgan fingerprint density at radius 1 is 1.17 bits per heavy atom. The number of hydrogen-bond acceptors (Lipinski definition) is 7. The normalized spacial score (nSPS) is 10.4. The number of aryl methyl sites for hydroxylation is 2. The topological polar surface area (TPSA) is 106 Å². The molecule has 1 amide bonds. The molecule has 0 aromatic carbocycles. The number of aromatic nitrogens is 4. The third-order valence-electron chi connectivity index (χ3n) is 3.12. The van der Waals surface area contributed by atoms with Gasteiger partial charge < -0.3 is 15.2 Å². The maximum atomic E-state index is 12.3. The maximum absolute atomic E-state index is 12.3. The van der Waals surface area contributed by atoms with E-state index in [0.717, 1.165) is 5.69 Å². The van der Waals surface area contributed by atoms with Crippen molar-refractivity contribution in [2.24, 2.45) is 0 Å². The lowest BCUT2D eigenvalue weighted by Gasteiger charge is -2.08. The van der Waals surface area contributed by atoms with Gasteiger partial charge >= 0.3 is 0 Å².